The molecule has 1 saturated heterocycles. The molecule has 2 amide bonds. The quantitative estimate of drug-likeness (QED) is 0.761. The third kappa shape index (κ3) is 5.89. The van der Waals surface area contributed by atoms with E-state index in [2.05, 4.69) is 21.3 Å². The van der Waals surface area contributed by atoms with Gasteiger partial charge in [-0.3, -0.25) is 19.5 Å². The Kier molecular flexibility index (Phi) is 6.93. The molecule has 27 heavy (non-hydrogen) atoms. The lowest BCUT2D eigenvalue weighted by Gasteiger charge is -2.34. The maximum atomic E-state index is 12.4. The van der Waals surface area contributed by atoms with Crippen LogP contribution in [-0.4, -0.2) is 59.3 Å². The van der Waals surface area contributed by atoms with Gasteiger partial charge in [0.2, 0.25) is 5.91 Å². The van der Waals surface area contributed by atoms with Gasteiger partial charge in [0.1, 0.15) is 0 Å². The van der Waals surface area contributed by atoms with Gasteiger partial charge in [-0.2, -0.15) is 0 Å². The molecule has 1 aromatic heterocycles. The van der Waals surface area contributed by atoms with E-state index >= 15 is 0 Å². The van der Waals surface area contributed by atoms with Gasteiger partial charge in [-0.1, -0.05) is 24.3 Å². The number of nitrogens with one attached hydrogen (secondary N) is 1. The summed E-state index contributed by atoms with van der Waals surface area (Å²) in [7, 11) is 0. The van der Waals surface area contributed by atoms with Crippen molar-refractivity contribution in [3.63, 3.8) is 0 Å². The zero-order valence-corrected chi connectivity index (χ0v) is 15.5. The predicted molar refractivity (Wildman–Crippen MR) is 104 cm³/mol. The molecule has 1 aliphatic rings. The molecular formula is C21H26N4O2. The highest BCUT2D eigenvalue weighted by Crippen LogP contribution is 2.09. The molecule has 6 nitrogen and oxygen atoms in total. The Bertz CT molecular complexity index is 728. The summed E-state index contributed by atoms with van der Waals surface area (Å²) in [5.74, 6) is 0.0806. The first-order valence-electron chi connectivity index (χ1n) is 9.44. The molecule has 6 heteroatoms. The Labute approximate surface area is 160 Å². The van der Waals surface area contributed by atoms with Gasteiger partial charge in [-0.25, -0.2) is 0 Å². The zero-order chi connectivity index (χ0) is 18.9. The van der Waals surface area contributed by atoms with Crippen LogP contribution in [0.1, 0.15) is 28.8 Å². The molecule has 1 aliphatic heterocycles. The lowest BCUT2D eigenvalue weighted by atomic mass is 10.2. The largest absolute Gasteiger partial charge is 0.352 e. The Hall–Kier alpha value is -2.73. The van der Waals surface area contributed by atoms with E-state index in [1.165, 1.54) is 5.56 Å². The van der Waals surface area contributed by atoms with Crippen molar-refractivity contribution in [2.24, 2.45) is 0 Å². The van der Waals surface area contributed by atoms with Crippen LogP contribution in [0, 0.1) is 0 Å². The lowest BCUT2D eigenvalue weighted by Crippen LogP contribution is -2.48. The molecular weight excluding hydrogens is 340 g/mol. The number of hydrogen-bond donors (Lipinski definition) is 1. The molecule has 0 spiro atoms. The third-order valence-corrected chi connectivity index (χ3v) is 4.74. The van der Waals surface area contributed by atoms with Crippen molar-refractivity contribution in [1.82, 2.24) is 20.1 Å². The van der Waals surface area contributed by atoms with E-state index in [9.17, 15) is 9.59 Å². The molecule has 1 aromatic carbocycles. The fraction of sp³-hybridized carbons (Fsp3) is 0.381. The number of rotatable bonds is 7. The molecule has 0 unspecified atom stereocenters. The monoisotopic (exact) mass is 366 g/mol. The van der Waals surface area contributed by atoms with E-state index in [4.69, 9.17) is 0 Å². The molecule has 1 N–H and O–H groups in total. The van der Waals surface area contributed by atoms with Crippen LogP contribution in [0.15, 0.2) is 54.9 Å². The summed E-state index contributed by atoms with van der Waals surface area (Å²) in [6.45, 7) is 4.67. The smallest absolute Gasteiger partial charge is 0.251 e. The van der Waals surface area contributed by atoms with Crippen LogP contribution in [0.25, 0.3) is 0 Å². The average Bonchev–Trinajstić information content (AvgIpc) is 2.73. The van der Waals surface area contributed by atoms with Gasteiger partial charge >= 0.3 is 0 Å². The van der Waals surface area contributed by atoms with Crippen LogP contribution in [0.2, 0.25) is 0 Å². The topological polar surface area (TPSA) is 65.5 Å². The molecule has 0 saturated carbocycles. The number of carbonyl (C=O) groups excluding carboxylic acids is 2. The van der Waals surface area contributed by atoms with Crippen molar-refractivity contribution in [3.8, 4) is 0 Å². The standard InChI is InChI=1S/C21H26N4O2/c26-20(9-5-11-23-21(27)19-7-2-1-3-8-19)25-14-12-24(13-15-25)17-18-6-4-10-22-16-18/h1-4,6-8,10,16H,5,9,11-15,17H2,(H,23,27). The molecule has 0 radical (unpaired) electrons. The fourth-order valence-electron chi connectivity index (χ4n) is 3.20. The first-order valence-corrected chi connectivity index (χ1v) is 9.44. The van der Waals surface area contributed by atoms with Crippen molar-refractivity contribution in [2.45, 2.75) is 19.4 Å². The highest BCUT2D eigenvalue weighted by molar-refractivity contribution is 5.94. The van der Waals surface area contributed by atoms with E-state index in [1.807, 2.05) is 35.4 Å². The number of pyridine rings is 1. The summed E-state index contributed by atoms with van der Waals surface area (Å²) >= 11 is 0. The number of aromatic nitrogens is 1. The predicted octanol–water partition coefficient (Wildman–Crippen LogP) is 1.94. The Morgan fingerprint density at radius 1 is 1.00 bits per heavy atom. The number of amides is 2. The van der Waals surface area contributed by atoms with Gasteiger partial charge in [-0.15, -0.1) is 0 Å². The van der Waals surface area contributed by atoms with E-state index in [-0.39, 0.29) is 11.8 Å². The number of carbonyl (C=O) groups is 2. The number of nitrogens with zero attached hydrogens (tertiary/aromatic N) is 3. The Morgan fingerprint density at radius 2 is 1.78 bits per heavy atom. The highest BCUT2D eigenvalue weighted by atomic mass is 16.2. The summed E-state index contributed by atoms with van der Waals surface area (Å²) in [4.78, 5) is 32.7. The van der Waals surface area contributed by atoms with Crippen LogP contribution in [0.5, 0.6) is 0 Å². The third-order valence-electron chi connectivity index (χ3n) is 4.74. The summed E-state index contributed by atoms with van der Waals surface area (Å²) in [5, 5.41) is 2.87. The maximum Gasteiger partial charge on any atom is 0.251 e. The van der Waals surface area contributed by atoms with E-state index in [1.54, 1.807) is 18.3 Å². The van der Waals surface area contributed by atoms with Crippen LogP contribution in [0.3, 0.4) is 0 Å². The molecule has 142 valence electrons. The minimum absolute atomic E-state index is 0.0907. The zero-order valence-electron chi connectivity index (χ0n) is 15.5. The van der Waals surface area contributed by atoms with Gasteiger partial charge in [0.05, 0.1) is 0 Å². The SMILES string of the molecule is O=C(NCCCC(=O)N1CCN(Cc2cccnc2)CC1)c1ccccc1. The number of benzene rings is 1. The maximum absolute atomic E-state index is 12.4. The van der Waals surface area contributed by atoms with Crippen LogP contribution in [0.4, 0.5) is 0 Å². The van der Waals surface area contributed by atoms with E-state index in [0.717, 1.165) is 32.7 Å². The second-order valence-electron chi connectivity index (χ2n) is 6.74. The number of hydrogen-bond acceptors (Lipinski definition) is 4. The van der Waals surface area contributed by atoms with Gasteiger partial charge in [-0.05, 0) is 30.2 Å². The van der Waals surface area contributed by atoms with Crippen molar-refractivity contribution < 1.29 is 9.59 Å². The van der Waals surface area contributed by atoms with Gasteiger partial charge < -0.3 is 10.2 Å². The van der Waals surface area contributed by atoms with Crippen LogP contribution < -0.4 is 5.32 Å². The van der Waals surface area contributed by atoms with Gasteiger partial charge in [0.25, 0.3) is 5.91 Å². The second-order valence-corrected chi connectivity index (χ2v) is 6.74. The summed E-state index contributed by atoms with van der Waals surface area (Å²) < 4.78 is 0. The molecule has 1 fully saturated rings. The minimum atomic E-state index is -0.0907. The van der Waals surface area contributed by atoms with Gasteiger partial charge in [0, 0.05) is 63.6 Å². The molecule has 2 aromatic rings. The molecule has 0 atom stereocenters. The Morgan fingerprint density at radius 3 is 2.48 bits per heavy atom. The minimum Gasteiger partial charge on any atom is -0.352 e. The van der Waals surface area contributed by atoms with Gasteiger partial charge in [0.15, 0.2) is 0 Å². The molecule has 0 aliphatic carbocycles. The lowest BCUT2D eigenvalue weighted by molar-refractivity contribution is -0.133. The van der Waals surface area contributed by atoms with Crippen LogP contribution in [-0.2, 0) is 11.3 Å². The van der Waals surface area contributed by atoms with Crippen molar-refractivity contribution >= 4 is 11.8 Å². The first-order chi connectivity index (χ1) is 13.2. The van der Waals surface area contributed by atoms with Crippen molar-refractivity contribution in [1.29, 1.82) is 0 Å². The normalized spacial score (nSPS) is 14.7. The first kappa shape index (κ1) is 19.0. The molecule has 0 bridgehead atoms. The van der Waals surface area contributed by atoms with Crippen molar-refractivity contribution in [3.05, 3.63) is 66.0 Å². The van der Waals surface area contributed by atoms with E-state index < -0.39 is 0 Å². The van der Waals surface area contributed by atoms with E-state index in [0.29, 0.717) is 24.9 Å². The second kappa shape index (κ2) is 9.83. The summed E-state index contributed by atoms with van der Waals surface area (Å²) in [6.07, 6.45) is 4.80. The highest BCUT2D eigenvalue weighted by Gasteiger charge is 2.20. The average molecular weight is 366 g/mol. The van der Waals surface area contributed by atoms with Crippen LogP contribution >= 0.6 is 0 Å². The fourth-order valence-corrected chi connectivity index (χ4v) is 3.20. The Balaban J connectivity index is 1.32. The molecule has 2 heterocycles. The summed E-state index contributed by atoms with van der Waals surface area (Å²) in [5.41, 5.74) is 1.85. The van der Waals surface area contributed by atoms with Crippen molar-refractivity contribution in [2.75, 3.05) is 32.7 Å². The summed E-state index contributed by atoms with van der Waals surface area (Å²) in [6, 6.07) is 13.2. The molecule has 3 rings (SSSR count). The number of piperazine rings is 1.